The van der Waals surface area contributed by atoms with Crippen molar-refractivity contribution in [3.05, 3.63) is 112 Å². The number of rotatable bonds is 5. The van der Waals surface area contributed by atoms with Crippen molar-refractivity contribution in [3.63, 3.8) is 0 Å². The predicted molar refractivity (Wildman–Crippen MR) is 118 cm³/mol. The van der Waals surface area contributed by atoms with Gasteiger partial charge in [-0.3, -0.25) is 9.36 Å². The van der Waals surface area contributed by atoms with Crippen molar-refractivity contribution in [2.45, 2.75) is 0 Å². The highest BCUT2D eigenvalue weighted by Gasteiger charge is 2.09. The Hall–Kier alpha value is -3.83. The van der Waals surface area contributed by atoms with Gasteiger partial charge >= 0.3 is 5.69 Å². The Bertz CT molecular complexity index is 1300. The number of H-pyrrole nitrogens is 1. The summed E-state index contributed by atoms with van der Waals surface area (Å²) >= 11 is 5.92. The van der Waals surface area contributed by atoms with E-state index in [1.165, 1.54) is 10.6 Å². The first-order valence-corrected chi connectivity index (χ1v) is 9.57. The maximum Gasteiger partial charge on any atom is 0.330 e. The number of carbonyl (C=O) groups excluding carboxylic acids is 1. The van der Waals surface area contributed by atoms with Crippen LogP contribution in [0.5, 0.6) is 5.75 Å². The third kappa shape index (κ3) is 4.26. The van der Waals surface area contributed by atoms with Crippen LogP contribution in [-0.4, -0.2) is 20.4 Å². The van der Waals surface area contributed by atoms with E-state index in [0.29, 0.717) is 27.5 Å². The molecule has 0 unspecified atom stereocenters. The third-order valence-electron chi connectivity index (χ3n) is 4.58. The number of aromatic hydroxyl groups is 1. The van der Waals surface area contributed by atoms with Crippen LogP contribution in [-0.2, 0) is 0 Å². The topological polar surface area (TPSA) is 75.1 Å². The molecule has 4 aromatic rings. The summed E-state index contributed by atoms with van der Waals surface area (Å²) in [5, 5.41) is 10.1. The lowest BCUT2D eigenvalue weighted by atomic mass is 10.1. The largest absolute Gasteiger partial charge is 0.508 e. The van der Waals surface area contributed by atoms with E-state index < -0.39 is 0 Å². The molecule has 0 spiro atoms. The normalized spacial score (nSPS) is 11.1. The maximum absolute atomic E-state index is 12.6. The minimum absolute atomic E-state index is 0.134. The summed E-state index contributed by atoms with van der Waals surface area (Å²) in [4.78, 5) is 27.9. The van der Waals surface area contributed by atoms with E-state index in [4.69, 9.17) is 11.6 Å². The molecule has 30 heavy (non-hydrogen) atoms. The fourth-order valence-electron chi connectivity index (χ4n) is 3.07. The van der Waals surface area contributed by atoms with E-state index >= 15 is 0 Å². The van der Waals surface area contributed by atoms with E-state index in [1.54, 1.807) is 72.9 Å². The van der Waals surface area contributed by atoms with Gasteiger partial charge in [0.2, 0.25) is 0 Å². The van der Waals surface area contributed by atoms with E-state index in [9.17, 15) is 14.7 Å². The molecule has 148 valence electrons. The first-order chi connectivity index (χ1) is 14.5. The zero-order valence-corrected chi connectivity index (χ0v) is 16.5. The molecule has 6 heteroatoms. The van der Waals surface area contributed by atoms with E-state index in [0.717, 1.165) is 5.56 Å². The molecule has 0 radical (unpaired) electrons. The Labute approximate surface area is 177 Å². The molecule has 5 nitrogen and oxygen atoms in total. The molecule has 2 N–H and O–H groups in total. The highest BCUT2D eigenvalue weighted by Crippen LogP contribution is 2.20. The third-order valence-corrected chi connectivity index (χ3v) is 4.83. The number of nitrogens with zero attached hydrogens (tertiary/aromatic N) is 1. The van der Waals surface area contributed by atoms with Crippen LogP contribution in [0.4, 0.5) is 0 Å². The van der Waals surface area contributed by atoms with Crippen LogP contribution in [0.2, 0.25) is 5.02 Å². The van der Waals surface area contributed by atoms with Crippen molar-refractivity contribution in [1.29, 1.82) is 0 Å². The molecule has 0 atom stereocenters. The number of allylic oxidation sites excluding steroid dienone is 1. The van der Waals surface area contributed by atoms with Crippen molar-refractivity contribution in [1.82, 2.24) is 9.55 Å². The summed E-state index contributed by atoms with van der Waals surface area (Å²) in [6, 6.07) is 20.6. The summed E-state index contributed by atoms with van der Waals surface area (Å²) in [6.07, 6.45) is 4.76. The van der Waals surface area contributed by atoms with Crippen LogP contribution in [0.1, 0.15) is 15.9 Å². The second-order valence-corrected chi connectivity index (χ2v) is 7.13. The van der Waals surface area contributed by atoms with Crippen molar-refractivity contribution in [2.75, 3.05) is 0 Å². The van der Waals surface area contributed by atoms with Gasteiger partial charge in [0.25, 0.3) is 0 Å². The molecule has 0 fully saturated rings. The Morgan fingerprint density at radius 3 is 2.53 bits per heavy atom. The minimum atomic E-state index is -0.306. The van der Waals surface area contributed by atoms with Gasteiger partial charge in [0.1, 0.15) is 5.75 Å². The van der Waals surface area contributed by atoms with Gasteiger partial charge in [-0.2, -0.15) is 0 Å². The number of benzene rings is 3. The number of ketones is 1. The van der Waals surface area contributed by atoms with E-state index in [2.05, 4.69) is 4.98 Å². The molecule has 3 aromatic carbocycles. The summed E-state index contributed by atoms with van der Waals surface area (Å²) < 4.78 is 1.46. The Kier molecular flexibility index (Phi) is 5.37. The first-order valence-electron chi connectivity index (χ1n) is 9.19. The Morgan fingerprint density at radius 2 is 1.77 bits per heavy atom. The van der Waals surface area contributed by atoms with Crippen molar-refractivity contribution < 1.29 is 9.90 Å². The van der Waals surface area contributed by atoms with Crippen LogP contribution < -0.4 is 5.69 Å². The number of imidazole rings is 1. The number of aromatic amines is 1. The second-order valence-electron chi connectivity index (χ2n) is 6.69. The summed E-state index contributed by atoms with van der Waals surface area (Å²) in [6.45, 7) is 0. The summed E-state index contributed by atoms with van der Waals surface area (Å²) in [5.41, 5.74) is 2.92. The van der Waals surface area contributed by atoms with Gasteiger partial charge in [-0.25, -0.2) is 4.79 Å². The second kappa shape index (κ2) is 8.27. The molecule has 1 heterocycles. The Balaban J connectivity index is 1.61. The van der Waals surface area contributed by atoms with Gasteiger partial charge in [0.05, 0.1) is 11.4 Å². The van der Waals surface area contributed by atoms with E-state index in [1.807, 2.05) is 12.1 Å². The number of nitrogens with one attached hydrogen (secondary N) is 1. The molecule has 1 aromatic heterocycles. The molecule has 0 saturated heterocycles. The lowest BCUT2D eigenvalue weighted by Crippen LogP contribution is -2.14. The smallest absolute Gasteiger partial charge is 0.330 e. The fourth-order valence-corrected chi connectivity index (χ4v) is 3.19. The van der Waals surface area contributed by atoms with Gasteiger partial charge < -0.3 is 10.1 Å². The first kappa shape index (κ1) is 19.5. The van der Waals surface area contributed by atoms with Crippen LogP contribution >= 0.6 is 11.6 Å². The van der Waals surface area contributed by atoms with Crippen molar-refractivity contribution in [2.24, 2.45) is 0 Å². The zero-order chi connectivity index (χ0) is 21.1. The number of phenols is 1. The lowest BCUT2D eigenvalue weighted by Gasteiger charge is -2.03. The molecule has 0 aliphatic carbocycles. The van der Waals surface area contributed by atoms with Gasteiger partial charge in [-0.15, -0.1) is 0 Å². The average Bonchev–Trinajstić information content (AvgIpc) is 3.14. The monoisotopic (exact) mass is 416 g/mol. The molecule has 4 rings (SSSR count). The number of aromatic nitrogens is 2. The standard InChI is InChI=1S/C24H17ClN2O3/c25-19-10-8-17(9-11-19)22-15-27(24(30)26-22)20-5-2-4-18(14-20)23(29)12-7-16-3-1-6-21(28)13-16/h1-15,28H,(H,26,30). The maximum atomic E-state index is 12.6. The molecule has 0 amide bonds. The molecular weight excluding hydrogens is 400 g/mol. The van der Waals surface area contributed by atoms with Crippen LogP contribution in [0, 0.1) is 0 Å². The van der Waals surface area contributed by atoms with E-state index in [-0.39, 0.29) is 17.2 Å². The van der Waals surface area contributed by atoms with Crippen LogP contribution in [0.3, 0.4) is 0 Å². The molecule has 0 saturated carbocycles. The molecule has 0 aliphatic rings. The highest BCUT2D eigenvalue weighted by molar-refractivity contribution is 6.30. The Morgan fingerprint density at radius 1 is 1.00 bits per heavy atom. The zero-order valence-electron chi connectivity index (χ0n) is 15.7. The number of phenolic OH excluding ortho intramolecular Hbond substituents is 1. The van der Waals surface area contributed by atoms with Crippen molar-refractivity contribution >= 4 is 23.5 Å². The molecular formula is C24H17ClN2O3. The predicted octanol–water partition coefficient (Wildman–Crippen LogP) is 5.09. The fraction of sp³-hybridized carbons (Fsp3) is 0. The van der Waals surface area contributed by atoms with Gasteiger partial charge in [-0.1, -0.05) is 54.1 Å². The lowest BCUT2D eigenvalue weighted by molar-refractivity contribution is 0.104. The van der Waals surface area contributed by atoms with Crippen LogP contribution in [0.25, 0.3) is 23.0 Å². The van der Waals surface area contributed by atoms with Gasteiger partial charge in [0.15, 0.2) is 5.78 Å². The number of hydrogen-bond acceptors (Lipinski definition) is 3. The number of carbonyl (C=O) groups is 1. The average molecular weight is 417 g/mol. The highest BCUT2D eigenvalue weighted by atomic mass is 35.5. The number of halogens is 1. The molecule has 0 bridgehead atoms. The summed E-state index contributed by atoms with van der Waals surface area (Å²) in [5.74, 6) is -0.0726. The van der Waals surface area contributed by atoms with Gasteiger partial charge in [-0.05, 0) is 53.6 Å². The van der Waals surface area contributed by atoms with Crippen molar-refractivity contribution in [3.8, 4) is 22.7 Å². The SMILES string of the molecule is O=C(C=Cc1cccc(O)c1)c1cccc(-n2cc(-c3ccc(Cl)cc3)[nH]c2=O)c1. The minimum Gasteiger partial charge on any atom is -0.508 e. The summed E-state index contributed by atoms with van der Waals surface area (Å²) in [7, 11) is 0. The molecule has 0 aliphatic heterocycles. The van der Waals surface area contributed by atoms with Gasteiger partial charge in [0, 0.05) is 16.8 Å². The van der Waals surface area contributed by atoms with Crippen LogP contribution in [0.15, 0.2) is 89.9 Å². The number of hydrogen-bond donors (Lipinski definition) is 2. The quantitative estimate of drug-likeness (QED) is 0.351.